The van der Waals surface area contributed by atoms with Gasteiger partial charge in [-0.1, -0.05) is 71.9 Å². The zero-order valence-corrected chi connectivity index (χ0v) is 67.5. The van der Waals surface area contributed by atoms with Crippen molar-refractivity contribution < 1.29 is 87.2 Å². The second-order valence-electron chi connectivity index (χ2n) is 29.3. The number of benzene rings is 1. The Bertz CT molecular complexity index is 4000. The lowest BCUT2D eigenvalue weighted by Gasteiger charge is -2.29. The van der Waals surface area contributed by atoms with Crippen LogP contribution in [0.25, 0.3) is 0 Å². The topological polar surface area (TPSA) is 721 Å². The van der Waals surface area contributed by atoms with Gasteiger partial charge in [0.05, 0.1) is 60.9 Å². The Morgan fingerprint density at radius 3 is 1.20 bits per heavy atom. The summed E-state index contributed by atoms with van der Waals surface area (Å²) < 4.78 is 0. The number of guanidine groups is 2. The first-order valence-corrected chi connectivity index (χ1v) is 38.3. The molecule has 0 saturated carbocycles. The van der Waals surface area contributed by atoms with Crippen LogP contribution in [0.15, 0.2) is 67.9 Å². The molecular formula is C73H115N27O18. The first-order chi connectivity index (χ1) is 55.6. The van der Waals surface area contributed by atoms with Crippen molar-refractivity contribution in [1.29, 1.82) is 10.8 Å². The van der Waals surface area contributed by atoms with E-state index in [9.17, 15) is 82.1 Å². The van der Waals surface area contributed by atoms with Crippen LogP contribution in [0.2, 0.25) is 0 Å². The van der Waals surface area contributed by atoms with Gasteiger partial charge in [0.15, 0.2) is 11.9 Å². The number of carboxylic acid groups (broad SMARTS) is 1. The highest BCUT2D eigenvalue weighted by atomic mass is 16.4. The van der Waals surface area contributed by atoms with Crippen LogP contribution >= 0.6 is 0 Å². The number of nitrogens with two attached hydrogens (primary N) is 3. The Kier molecular flexibility index (Phi) is 40.8. The number of carbonyl (C=O) groups is 15. The third-order valence-electron chi connectivity index (χ3n) is 18.0. The molecule has 650 valence electrons. The van der Waals surface area contributed by atoms with Crippen molar-refractivity contribution in [2.75, 3.05) is 26.2 Å². The molecule has 4 aromatic rings. The number of nitrogens with zero attached hydrogens (tertiary/aromatic N) is 3. The Morgan fingerprint density at radius 2 is 0.763 bits per heavy atom. The van der Waals surface area contributed by atoms with Gasteiger partial charge < -0.3 is 133 Å². The molecule has 3 heterocycles. The predicted octanol–water partition coefficient (Wildman–Crippen LogP) is -7.73. The number of amides is 14. The van der Waals surface area contributed by atoms with Gasteiger partial charge in [0.2, 0.25) is 82.7 Å². The van der Waals surface area contributed by atoms with Crippen molar-refractivity contribution in [3.8, 4) is 0 Å². The summed E-state index contributed by atoms with van der Waals surface area (Å²) in [7, 11) is 0. The number of carboxylic acids is 1. The highest BCUT2D eigenvalue weighted by Crippen LogP contribution is 2.14. The molecule has 118 heavy (non-hydrogen) atoms. The molecule has 0 fully saturated rings. The first-order valence-electron chi connectivity index (χ1n) is 38.3. The van der Waals surface area contributed by atoms with Gasteiger partial charge in [0.1, 0.15) is 79.0 Å². The summed E-state index contributed by atoms with van der Waals surface area (Å²) in [6, 6.07) is -10.7. The maximum atomic E-state index is 14.6. The van der Waals surface area contributed by atoms with E-state index in [1.165, 1.54) is 58.3 Å². The minimum Gasteiger partial charge on any atom is -0.480 e. The molecule has 0 spiro atoms. The number of H-pyrrole nitrogens is 3. The normalized spacial score (nSPS) is 15.0. The quantitative estimate of drug-likeness (QED) is 0.0111. The molecule has 14 amide bonds. The van der Waals surface area contributed by atoms with E-state index < -0.39 is 210 Å². The standard InChI is InChI=1S/C73H115N27O18/c1-35(2)22-48(62(109)84-30-53(103)89-38(7)59(106)93-51(25-44-28-80-33-87-44)66(113)91-47(19-15-21-83-73(77)78)63(110)99-58(41(10)102)71(118)98-55(36(3)4)68(115)85-31-54(104)105)94-65(112)49(23-42-16-12-11-13-17-42)92-60(107)39(8)90-64(111)50(24-43-27-79-32-86-43)95-67(114)52(26-45-29-81-34-88-45)96-70(117)57(40(9)101)100-69(116)56(37(5)6)97-61(108)46(74)18-14-20-82-72(75)76/h11-13,16-17,27-29,32-41,46-52,55-58,101-102H,14-15,18-26,30-31,74H2,1-10H3,(H,79,86)(H,80,87)(H,81,88)(H,84,109)(H,85,115)(H,89,103)(H,90,111)(H,91,113)(H,92,107)(H,93,106)(H,94,112)(H,95,114)(H,96,117)(H,97,108)(H,98,118)(H,99,110)(H,100,116)(H,104,105)(H4,75,76,82)(H4,77,78,83)/t38-,39-,40+,41+,46-,47-,48-,49-,50-,51-,52-,55-,56-,57-,58-/m0/s1. The number of hydrogen-bond acceptors (Lipinski definition) is 23. The SMILES string of the molecule is CC(C)C[C@H](NC(=O)[C@H](Cc1ccccc1)NC(=O)[C@H](C)NC(=O)[C@H](Cc1c[nH]cn1)NC(=O)[C@H](Cc1c[nH]cn1)NC(=O)[C@@H](NC(=O)[C@@H](NC(=O)[C@@H](N)CCCNC(=N)N)C(C)C)[C@@H](C)O)C(=O)NCC(=O)N[C@@H](C)C(=O)N[C@@H](Cc1c[nH]cn1)C(=O)N[C@@H](CCCNC(=N)N)C(=O)N[C@H](C(=O)N[C@H](C(=O)NCC(=O)O)C(C)C)[C@@H](C)O. The van der Waals surface area contributed by atoms with E-state index in [-0.39, 0.29) is 93.4 Å². The van der Waals surface area contributed by atoms with Gasteiger partial charge in [-0.2, -0.15) is 0 Å². The van der Waals surface area contributed by atoms with Crippen molar-refractivity contribution in [1.82, 2.24) is 115 Å². The zero-order chi connectivity index (χ0) is 88.0. The third kappa shape index (κ3) is 34.8. The van der Waals surface area contributed by atoms with Crippen LogP contribution in [0.4, 0.5) is 0 Å². The molecule has 0 radical (unpaired) electrons. The molecule has 3 aromatic heterocycles. The molecule has 0 aliphatic carbocycles. The summed E-state index contributed by atoms with van der Waals surface area (Å²) in [5.41, 5.74) is 18.2. The Morgan fingerprint density at radius 1 is 0.398 bits per heavy atom. The molecule has 0 bridgehead atoms. The highest BCUT2D eigenvalue weighted by molar-refractivity contribution is 6.00. The highest BCUT2D eigenvalue weighted by Gasteiger charge is 2.39. The van der Waals surface area contributed by atoms with Crippen LogP contribution in [-0.2, 0) is 97.6 Å². The molecule has 45 nitrogen and oxygen atoms in total. The van der Waals surface area contributed by atoms with Crippen molar-refractivity contribution in [3.63, 3.8) is 0 Å². The second-order valence-corrected chi connectivity index (χ2v) is 29.3. The van der Waals surface area contributed by atoms with Crippen molar-refractivity contribution in [2.24, 2.45) is 35.0 Å². The average Bonchev–Trinajstić information content (AvgIpc) is 1.01. The molecule has 4 rings (SSSR count). The number of aliphatic hydroxyl groups excluding tert-OH is 2. The lowest BCUT2D eigenvalue weighted by molar-refractivity contribution is -0.139. The number of nitrogens with one attached hydrogen (secondary N) is 21. The van der Waals surface area contributed by atoms with Gasteiger partial charge in [-0.3, -0.25) is 82.7 Å². The van der Waals surface area contributed by atoms with Crippen molar-refractivity contribution in [2.45, 2.75) is 218 Å². The smallest absolute Gasteiger partial charge is 0.322 e. The summed E-state index contributed by atoms with van der Waals surface area (Å²) in [5.74, 6) is -16.6. The lowest BCUT2D eigenvalue weighted by Crippen LogP contribution is -2.62. The monoisotopic (exact) mass is 1660 g/mol. The molecule has 45 heteroatoms. The number of hydrogen-bond donors (Lipinski definition) is 27. The van der Waals surface area contributed by atoms with Crippen molar-refractivity contribution >= 4 is 101 Å². The van der Waals surface area contributed by atoms with Gasteiger partial charge in [0.25, 0.3) is 0 Å². The van der Waals surface area contributed by atoms with E-state index in [4.69, 9.17) is 33.1 Å². The summed E-state index contributed by atoms with van der Waals surface area (Å²) in [6.45, 7) is 13.5. The van der Waals surface area contributed by atoms with Crippen LogP contribution in [0, 0.1) is 28.6 Å². The van der Waals surface area contributed by atoms with E-state index in [0.29, 0.717) is 12.0 Å². The molecule has 0 unspecified atom stereocenters. The fourth-order valence-corrected chi connectivity index (χ4v) is 11.6. The van der Waals surface area contributed by atoms with Crippen LogP contribution in [-0.4, -0.2) is 263 Å². The molecular weight excluding hydrogens is 1540 g/mol. The van der Waals surface area contributed by atoms with Gasteiger partial charge >= 0.3 is 5.97 Å². The largest absolute Gasteiger partial charge is 0.480 e. The predicted molar refractivity (Wildman–Crippen MR) is 424 cm³/mol. The van der Waals surface area contributed by atoms with E-state index in [1.54, 1.807) is 71.9 Å². The molecule has 0 aliphatic heterocycles. The van der Waals surface area contributed by atoms with Crippen LogP contribution in [0.3, 0.4) is 0 Å². The second kappa shape index (κ2) is 49.3. The number of carbonyl (C=O) groups excluding carboxylic acids is 14. The van der Waals surface area contributed by atoms with Crippen LogP contribution in [0.5, 0.6) is 0 Å². The van der Waals surface area contributed by atoms with E-state index >= 15 is 0 Å². The Balaban J connectivity index is 1.50. The van der Waals surface area contributed by atoms with Gasteiger partial charge in [-0.15, -0.1) is 0 Å². The van der Waals surface area contributed by atoms with Gasteiger partial charge in [0, 0.05) is 57.4 Å². The summed E-state index contributed by atoms with van der Waals surface area (Å²) in [4.78, 5) is 228. The van der Waals surface area contributed by atoms with Crippen LogP contribution < -0.4 is 102 Å². The van der Waals surface area contributed by atoms with Gasteiger partial charge in [-0.05, 0) is 83.1 Å². The maximum Gasteiger partial charge on any atom is 0.322 e. The van der Waals surface area contributed by atoms with E-state index in [0.717, 1.165) is 6.92 Å². The molecule has 15 atom stereocenters. The molecule has 0 aliphatic rings. The number of aliphatic hydroxyl groups is 2. The maximum absolute atomic E-state index is 14.6. The number of aromatic amines is 3. The summed E-state index contributed by atoms with van der Waals surface area (Å²) >= 11 is 0. The third-order valence-corrected chi connectivity index (χ3v) is 18.0. The minimum atomic E-state index is -1.75. The number of aromatic nitrogens is 6. The fourth-order valence-electron chi connectivity index (χ4n) is 11.6. The van der Waals surface area contributed by atoms with Gasteiger partial charge in [-0.25, -0.2) is 15.0 Å². The van der Waals surface area contributed by atoms with E-state index in [2.05, 4.69) is 115 Å². The zero-order valence-electron chi connectivity index (χ0n) is 67.5. The number of rotatable bonds is 51. The lowest BCUT2D eigenvalue weighted by atomic mass is 10.0. The Labute approximate surface area is 680 Å². The van der Waals surface area contributed by atoms with E-state index in [1.807, 2.05) is 0 Å². The minimum absolute atomic E-state index is 0.0169. The number of aliphatic carboxylic acids is 1. The number of imidazole rings is 3. The first kappa shape index (κ1) is 97.7. The molecule has 30 N–H and O–H groups in total. The Hall–Kier alpha value is -12.7. The summed E-state index contributed by atoms with van der Waals surface area (Å²) in [5, 5.41) is 85.8. The summed E-state index contributed by atoms with van der Waals surface area (Å²) in [6.07, 6.45) is 4.21. The van der Waals surface area contributed by atoms with Crippen molar-refractivity contribution in [3.05, 3.63) is 90.5 Å². The van der Waals surface area contributed by atoms with Crippen LogP contribution in [0.1, 0.15) is 124 Å². The molecule has 0 saturated heterocycles. The fraction of sp³-hybridized carbons (Fsp3) is 0.562. The average molecular weight is 1660 g/mol. The molecule has 1 aromatic carbocycles.